The van der Waals surface area contributed by atoms with E-state index in [2.05, 4.69) is 15.8 Å². The van der Waals surface area contributed by atoms with E-state index < -0.39 is 5.91 Å². The molecule has 0 bridgehead atoms. The molecule has 3 rings (SSSR count). The van der Waals surface area contributed by atoms with Gasteiger partial charge in [-0.3, -0.25) is 20.4 Å². The molecular formula is C16H12ClN3O2S2. The summed E-state index contributed by atoms with van der Waals surface area (Å²) in [7, 11) is 0. The van der Waals surface area contributed by atoms with Crippen LogP contribution >= 0.6 is 34.7 Å². The number of nitrogens with zero attached hydrogens (tertiary/aromatic N) is 1. The molecule has 0 saturated heterocycles. The van der Waals surface area contributed by atoms with Gasteiger partial charge in [0.05, 0.1) is 26.6 Å². The van der Waals surface area contributed by atoms with E-state index in [1.54, 1.807) is 24.3 Å². The van der Waals surface area contributed by atoms with Crippen LogP contribution in [-0.2, 0) is 4.79 Å². The van der Waals surface area contributed by atoms with Crippen LogP contribution in [-0.4, -0.2) is 22.6 Å². The number of hydrogen-bond acceptors (Lipinski definition) is 5. The molecule has 0 aliphatic heterocycles. The van der Waals surface area contributed by atoms with Crippen LogP contribution in [0.1, 0.15) is 10.4 Å². The fourth-order valence-corrected chi connectivity index (χ4v) is 4.01. The molecule has 0 unspecified atom stereocenters. The molecule has 1 aromatic heterocycles. The molecule has 3 aromatic rings. The Morgan fingerprint density at radius 1 is 1.08 bits per heavy atom. The highest BCUT2D eigenvalue weighted by Gasteiger charge is 2.11. The van der Waals surface area contributed by atoms with Crippen molar-refractivity contribution in [2.45, 2.75) is 4.34 Å². The Kier molecular flexibility index (Phi) is 5.34. The number of fused-ring (bicyclic) bond motifs is 1. The average Bonchev–Trinajstić information content (AvgIpc) is 3.01. The highest BCUT2D eigenvalue weighted by molar-refractivity contribution is 8.01. The zero-order valence-corrected chi connectivity index (χ0v) is 14.7. The van der Waals surface area contributed by atoms with Gasteiger partial charge in [0.25, 0.3) is 5.91 Å². The Balaban J connectivity index is 1.51. The van der Waals surface area contributed by atoms with Gasteiger partial charge < -0.3 is 0 Å². The van der Waals surface area contributed by atoms with Gasteiger partial charge in [-0.05, 0) is 24.3 Å². The van der Waals surface area contributed by atoms with Crippen molar-refractivity contribution < 1.29 is 9.59 Å². The first-order chi connectivity index (χ1) is 11.6. The zero-order valence-electron chi connectivity index (χ0n) is 12.3. The molecule has 8 heteroatoms. The lowest BCUT2D eigenvalue weighted by atomic mass is 10.2. The van der Waals surface area contributed by atoms with Crippen LogP contribution in [0, 0.1) is 0 Å². The number of thiazole rings is 1. The number of carbonyl (C=O) groups excluding carboxylic acids is 2. The lowest BCUT2D eigenvalue weighted by Gasteiger charge is -2.07. The van der Waals surface area contributed by atoms with Gasteiger partial charge in [0.1, 0.15) is 0 Å². The van der Waals surface area contributed by atoms with Gasteiger partial charge in [-0.25, -0.2) is 4.98 Å². The summed E-state index contributed by atoms with van der Waals surface area (Å²) in [5, 5.41) is 0.327. The van der Waals surface area contributed by atoms with Crippen molar-refractivity contribution in [3.63, 3.8) is 0 Å². The summed E-state index contributed by atoms with van der Waals surface area (Å²) in [6, 6.07) is 14.4. The van der Waals surface area contributed by atoms with Gasteiger partial charge in [0, 0.05) is 0 Å². The first kappa shape index (κ1) is 16.8. The molecule has 0 saturated carbocycles. The van der Waals surface area contributed by atoms with Gasteiger partial charge in [-0.15, -0.1) is 11.3 Å². The number of thioether (sulfide) groups is 1. The summed E-state index contributed by atoms with van der Waals surface area (Å²) in [6.45, 7) is 0. The Hall–Kier alpha value is -2.09. The Labute approximate surface area is 151 Å². The first-order valence-electron chi connectivity index (χ1n) is 6.95. The quantitative estimate of drug-likeness (QED) is 0.539. The fraction of sp³-hybridized carbons (Fsp3) is 0.0625. The van der Waals surface area contributed by atoms with E-state index in [-0.39, 0.29) is 11.7 Å². The van der Waals surface area contributed by atoms with Crippen molar-refractivity contribution in [2.24, 2.45) is 0 Å². The molecule has 0 spiro atoms. The van der Waals surface area contributed by atoms with Crippen molar-refractivity contribution in [3.8, 4) is 0 Å². The average molecular weight is 378 g/mol. The summed E-state index contributed by atoms with van der Waals surface area (Å²) in [5.74, 6) is -0.624. The van der Waals surface area contributed by atoms with E-state index in [1.807, 2.05) is 24.3 Å². The summed E-state index contributed by atoms with van der Waals surface area (Å²) >= 11 is 8.78. The maximum Gasteiger partial charge on any atom is 0.271 e. The molecular weight excluding hydrogens is 366 g/mol. The maximum absolute atomic E-state index is 11.9. The normalized spacial score (nSPS) is 10.5. The monoisotopic (exact) mass is 377 g/mol. The summed E-state index contributed by atoms with van der Waals surface area (Å²) in [4.78, 5) is 28.2. The maximum atomic E-state index is 11.9. The number of halogens is 1. The third kappa shape index (κ3) is 4.05. The van der Waals surface area contributed by atoms with Crippen molar-refractivity contribution in [2.75, 3.05) is 5.75 Å². The number of para-hydroxylation sites is 1. The predicted octanol–water partition coefficient (Wildman–Crippen LogP) is 3.50. The third-order valence-corrected chi connectivity index (χ3v) is 5.54. The molecule has 2 amide bonds. The van der Waals surface area contributed by atoms with Crippen LogP contribution < -0.4 is 10.9 Å². The van der Waals surface area contributed by atoms with E-state index >= 15 is 0 Å². The SMILES string of the molecule is O=C(CSc1nc2ccccc2s1)NNC(=O)c1ccccc1Cl. The highest BCUT2D eigenvalue weighted by atomic mass is 35.5. The van der Waals surface area contributed by atoms with Gasteiger partial charge in [0.2, 0.25) is 5.91 Å². The van der Waals surface area contributed by atoms with Crippen molar-refractivity contribution in [1.82, 2.24) is 15.8 Å². The minimum Gasteiger partial charge on any atom is -0.272 e. The van der Waals surface area contributed by atoms with Crippen molar-refractivity contribution >= 4 is 56.7 Å². The number of aromatic nitrogens is 1. The fourth-order valence-electron chi connectivity index (χ4n) is 1.92. The number of hydrogen-bond donors (Lipinski definition) is 2. The van der Waals surface area contributed by atoms with Crippen molar-refractivity contribution in [1.29, 1.82) is 0 Å². The second kappa shape index (κ2) is 7.65. The molecule has 0 aliphatic rings. The molecule has 5 nitrogen and oxygen atoms in total. The van der Waals surface area contributed by atoms with Crippen LogP contribution in [0.4, 0.5) is 0 Å². The molecule has 2 N–H and O–H groups in total. The predicted molar refractivity (Wildman–Crippen MR) is 97.4 cm³/mol. The highest BCUT2D eigenvalue weighted by Crippen LogP contribution is 2.28. The smallest absolute Gasteiger partial charge is 0.271 e. The van der Waals surface area contributed by atoms with E-state index in [1.165, 1.54) is 23.1 Å². The minimum atomic E-state index is -0.459. The Morgan fingerprint density at radius 3 is 2.62 bits per heavy atom. The largest absolute Gasteiger partial charge is 0.272 e. The lowest BCUT2D eigenvalue weighted by Crippen LogP contribution is -2.42. The number of amides is 2. The van der Waals surface area contributed by atoms with Crippen LogP contribution in [0.25, 0.3) is 10.2 Å². The zero-order chi connectivity index (χ0) is 16.9. The molecule has 24 heavy (non-hydrogen) atoms. The minimum absolute atomic E-state index is 0.155. The Bertz CT molecular complexity index is 865. The van der Waals surface area contributed by atoms with E-state index in [9.17, 15) is 9.59 Å². The van der Waals surface area contributed by atoms with Crippen LogP contribution in [0.2, 0.25) is 5.02 Å². The second-order valence-corrected chi connectivity index (χ2v) is 7.38. The van der Waals surface area contributed by atoms with Gasteiger partial charge in [-0.2, -0.15) is 0 Å². The van der Waals surface area contributed by atoms with Crippen LogP contribution in [0.15, 0.2) is 52.9 Å². The Morgan fingerprint density at radius 2 is 1.83 bits per heavy atom. The summed E-state index contributed by atoms with van der Waals surface area (Å²) in [6.07, 6.45) is 0. The molecule has 122 valence electrons. The second-order valence-electron chi connectivity index (χ2n) is 4.72. The molecule has 2 aromatic carbocycles. The lowest BCUT2D eigenvalue weighted by molar-refractivity contribution is -0.119. The van der Waals surface area contributed by atoms with Gasteiger partial charge in [0.15, 0.2) is 4.34 Å². The van der Waals surface area contributed by atoms with Gasteiger partial charge in [-0.1, -0.05) is 47.6 Å². The van der Waals surface area contributed by atoms with E-state index in [4.69, 9.17) is 11.6 Å². The molecule has 0 fully saturated rings. The summed E-state index contributed by atoms with van der Waals surface area (Å²) in [5.41, 5.74) is 5.94. The molecule has 0 aliphatic carbocycles. The van der Waals surface area contributed by atoms with Crippen LogP contribution in [0.3, 0.4) is 0 Å². The number of carbonyl (C=O) groups is 2. The van der Waals surface area contributed by atoms with E-state index in [0.717, 1.165) is 14.6 Å². The van der Waals surface area contributed by atoms with E-state index in [0.29, 0.717) is 10.6 Å². The standard InChI is InChI=1S/C16H12ClN3O2S2/c17-11-6-2-1-5-10(11)15(22)20-19-14(21)9-23-16-18-12-7-3-4-8-13(12)24-16/h1-8H,9H2,(H,19,21)(H,20,22). The number of nitrogens with one attached hydrogen (secondary N) is 2. The topological polar surface area (TPSA) is 71.1 Å². The third-order valence-electron chi connectivity index (χ3n) is 3.03. The molecule has 0 atom stereocenters. The van der Waals surface area contributed by atoms with Crippen LogP contribution in [0.5, 0.6) is 0 Å². The number of benzene rings is 2. The molecule has 0 radical (unpaired) electrons. The number of rotatable bonds is 4. The van der Waals surface area contributed by atoms with Crippen molar-refractivity contribution in [3.05, 3.63) is 59.1 Å². The molecule has 1 heterocycles. The van der Waals surface area contributed by atoms with Gasteiger partial charge >= 0.3 is 0 Å². The first-order valence-corrected chi connectivity index (χ1v) is 9.13. The summed E-state index contributed by atoms with van der Waals surface area (Å²) < 4.78 is 1.89. The number of hydrazine groups is 1.